The summed E-state index contributed by atoms with van der Waals surface area (Å²) in [6, 6.07) is 3.87. The molecule has 0 radical (unpaired) electrons. The van der Waals surface area contributed by atoms with Gasteiger partial charge in [-0.1, -0.05) is 13.8 Å². The molecule has 2 rings (SSSR count). The standard InChI is InChI=1S/C21H31F2NO2/c1-13(9-16-10-17(22)12-18(23)11-16)15(3)19-8-7-14(2)24(19)20(25)26-21(4,5)6/h10-15,19H,7-9H2,1-6H3/t13-,14?,15-,19+/m0/s1. The normalized spacial score (nSPS) is 23.0. The largest absolute Gasteiger partial charge is 0.444 e. The van der Waals surface area contributed by atoms with Gasteiger partial charge in [-0.25, -0.2) is 13.6 Å². The minimum Gasteiger partial charge on any atom is -0.444 e. The van der Waals surface area contributed by atoms with Gasteiger partial charge in [0.15, 0.2) is 0 Å². The van der Waals surface area contributed by atoms with Gasteiger partial charge in [0.1, 0.15) is 17.2 Å². The molecule has 1 heterocycles. The van der Waals surface area contributed by atoms with Crippen molar-refractivity contribution in [2.75, 3.05) is 0 Å². The maximum absolute atomic E-state index is 13.4. The van der Waals surface area contributed by atoms with Gasteiger partial charge in [0, 0.05) is 18.2 Å². The smallest absolute Gasteiger partial charge is 0.410 e. The Bertz CT molecular complexity index is 621. The van der Waals surface area contributed by atoms with Gasteiger partial charge in [0.2, 0.25) is 0 Å². The molecule has 4 atom stereocenters. The van der Waals surface area contributed by atoms with Crippen LogP contribution in [0.25, 0.3) is 0 Å². The molecule has 1 saturated heterocycles. The second-order valence-electron chi connectivity index (χ2n) is 8.70. The van der Waals surface area contributed by atoms with Gasteiger partial charge in [-0.05, 0) is 76.5 Å². The third-order valence-corrected chi connectivity index (χ3v) is 5.30. The molecule has 146 valence electrons. The van der Waals surface area contributed by atoms with E-state index < -0.39 is 17.2 Å². The van der Waals surface area contributed by atoms with E-state index in [0.717, 1.165) is 18.9 Å². The highest BCUT2D eigenvalue weighted by Crippen LogP contribution is 2.35. The fourth-order valence-corrected chi connectivity index (χ4v) is 3.83. The van der Waals surface area contributed by atoms with Gasteiger partial charge >= 0.3 is 6.09 Å². The van der Waals surface area contributed by atoms with E-state index in [1.807, 2.05) is 32.6 Å². The number of hydrogen-bond donors (Lipinski definition) is 0. The van der Waals surface area contributed by atoms with Gasteiger partial charge in [0.05, 0.1) is 0 Å². The highest BCUT2D eigenvalue weighted by Gasteiger charge is 2.40. The van der Waals surface area contributed by atoms with Gasteiger partial charge < -0.3 is 9.64 Å². The zero-order valence-corrected chi connectivity index (χ0v) is 16.7. The summed E-state index contributed by atoms with van der Waals surface area (Å²) in [5.41, 5.74) is 0.120. The summed E-state index contributed by atoms with van der Waals surface area (Å²) in [7, 11) is 0. The Hall–Kier alpha value is -1.65. The lowest BCUT2D eigenvalue weighted by Crippen LogP contribution is -2.46. The van der Waals surface area contributed by atoms with E-state index in [1.165, 1.54) is 12.1 Å². The zero-order valence-electron chi connectivity index (χ0n) is 16.7. The van der Waals surface area contributed by atoms with E-state index in [9.17, 15) is 13.6 Å². The van der Waals surface area contributed by atoms with Crippen LogP contribution in [-0.4, -0.2) is 28.7 Å². The SMILES string of the molecule is CC1CC[C@H]([C@@H](C)[C@@H](C)Cc2cc(F)cc(F)c2)N1C(=O)OC(C)(C)C. The first-order valence-electron chi connectivity index (χ1n) is 9.44. The third kappa shape index (κ3) is 5.18. The Morgan fingerprint density at radius 1 is 1.19 bits per heavy atom. The van der Waals surface area contributed by atoms with Crippen LogP contribution in [0.4, 0.5) is 13.6 Å². The van der Waals surface area contributed by atoms with Gasteiger partial charge in [-0.15, -0.1) is 0 Å². The first-order chi connectivity index (χ1) is 12.0. The van der Waals surface area contributed by atoms with E-state index in [2.05, 4.69) is 13.8 Å². The van der Waals surface area contributed by atoms with Crippen molar-refractivity contribution in [1.29, 1.82) is 0 Å². The predicted molar refractivity (Wildman–Crippen MR) is 98.9 cm³/mol. The predicted octanol–water partition coefficient (Wildman–Crippen LogP) is 5.57. The molecule has 1 amide bonds. The number of benzene rings is 1. The topological polar surface area (TPSA) is 29.5 Å². The maximum atomic E-state index is 13.4. The lowest BCUT2D eigenvalue weighted by molar-refractivity contribution is 0.00853. The van der Waals surface area contributed by atoms with Crippen LogP contribution in [0.5, 0.6) is 0 Å². The molecule has 0 aliphatic carbocycles. The molecule has 0 bridgehead atoms. The number of halogens is 2. The van der Waals surface area contributed by atoms with Gasteiger partial charge in [0.25, 0.3) is 0 Å². The molecule has 0 spiro atoms. The molecule has 0 saturated carbocycles. The highest BCUT2D eigenvalue weighted by atomic mass is 19.1. The van der Waals surface area contributed by atoms with Crippen molar-refractivity contribution in [3.8, 4) is 0 Å². The van der Waals surface area contributed by atoms with Crippen LogP contribution in [0.15, 0.2) is 18.2 Å². The molecular formula is C21H31F2NO2. The van der Waals surface area contributed by atoms with Gasteiger partial charge in [-0.3, -0.25) is 0 Å². The summed E-state index contributed by atoms with van der Waals surface area (Å²) < 4.78 is 32.5. The fourth-order valence-electron chi connectivity index (χ4n) is 3.83. The number of hydrogen-bond acceptors (Lipinski definition) is 2. The summed E-state index contributed by atoms with van der Waals surface area (Å²) in [6.45, 7) is 11.8. The molecule has 26 heavy (non-hydrogen) atoms. The number of ether oxygens (including phenoxy) is 1. The molecule has 1 aliphatic rings. The van der Waals surface area contributed by atoms with Crippen LogP contribution in [0.2, 0.25) is 0 Å². The minimum atomic E-state index is -0.551. The van der Waals surface area contributed by atoms with Crippen molar-refractivity contribution in [1.82, 2.24) is 4.90 Å². The summed E-state index contributed by atoms with van der Waals surface area (Å²) >= 11 is 0. The van der Waals surface area contributed by atoms with Crippen molar-refractivity contribution >= 4 is 6.09 Å². The minimum absolute atomic E-state index is 0.0771. The Labute approximate surface area is 155 Å². The Balaban J connectivity index is 2.10. The second-order valence-corrected chi connectivity index (χ2v) is 8.70. The highest BCUT2D eigenvalue weighted by molar-refractivity contribution is 5.69. The van der Waals surface area contributed by atoms with E-state index >= 15 is 0 Å². The Morgan fingerprint density at radius 2 is 1.77 bits per heavy atom. The van der Waals surface area contributed by atoms with E-state index in [-0.39, 0.29) is 30.0 Å². The summed E-state index contributed by atoms with van der Waals surface area (Å²) in [6.07, 6.45) is 2.16. The number of carbonyl (C=O) groups is 1. The van der Waals surface area contributed by atoms with E-state index in [0.29, 0.717) is 12.0 Å². The summed E-state index contributed by atoms with van der Waals surface area (Å²) in [4.78, 5) is 14.5. The first-order valence-corrected chi connectivity index (χ1v) is 9.44. The van der Waals surface area contributed by atoms with Crippen molar-refractivity contribution in [2.45, 2.75) is 78.5 Å². The lowest BCUT2D eigenvalue weighted by Gasteiger charge is -2.36. The van der Waals surface area contributed by atoms with Crippen LogP contribution in [-0.2, 0) is 11.2 Å². The number of carbonyl (C=O) groups excluding carboxylic acids is 1. The monoisotopic (exact) mass is 367 g/mol. The number of rotatable bonds is 4. The van der Waals surface area contributed by atoms with Crippen LogP contribution in [0, 0.1) is 23.5 Å². The lowest BCUT2D eigenvalue weighted by atomic mass is 9.83. The molecule has 1 aromatic carbocycles. The van der Waals surface area contributed by atoms with Crippen molar-refractivity contribution in [3.05, 3.63) is 35.4 Å². The number of likely N-dealkylation sites (tertiary alicyclic amines) is 1. The molecular weight excluding hydrogens is 336 g/mol. The van der Waals surface area contributed by atoms with Crippen molar-refractivity contribution < 1.29 is 18.3 Å². The zero-order chi connectivity index (χ0) is 19.6. The summed E-state index contributed by atoms with van der Waals surface area (Å²) in [5.74, 6) is -0.732. The molecule has 0 N–H and O–H groups in total. The van der Waals surface area contributed by atoms with Crippen LogP contribution in [0.1, 0.15) is 59.9 Å². The Morgan fingerprint density at radius 3 is 2.31 bits per heavy atom. The average molecular weight is 367 g/mol. The fraction of sp³-hybridized carbons (Fsp3) is 0.667. The van der Waals surface area contributed by atoms with E-state index in [4.69, 9.17) is 4.74 Å². The van der Waals surface area contributed by atoms with Gasteiger partial charge in [-0.2, -0.15) is 0 Å². The van der Waals surface area contributed by atoms with Crippen LogP contribution < -0.4 is 0 Å². The molecule has 5 heteroatoms. The Kier molecular flexibility index (Phi) is 6.30. The number of nitrogens with zero attached hydrogens (tertiary/aromatic N) is 1. The average Bonchev–Trinajstić information content (AvgIpc) is 2.85. The third-order valence-electron chi connectivity index (χ3n) is 5.30. The number of amides is 1. The van der Waals surface area contributed by atoms with E-state index in [1.54, 1.807) is 0 Å². The molecule has 1 fully saturated rings. The molecule has 0 aromatic heterocycles. The maximum Gasteiger partial charge on any atom is 0.410 e. The van der Waals surface area contributed by atoms with Crippen molar-refractivity contribution in [2.24, 2.45) is 11.8 Å². The molecule has 1 unspecified atom stereocenters. The molecule has 1 aliphatic heterocycles. The molecule has 1 aromatic rings. The van der Waals surface area contributed by atoms with Crippen molar-refractivity contribution in [3.63, 3.8) is 0 Å². The quantitative estimate of drug-likeness (QED) is 0.696. The summed E-state index contributed by atoms with van der Waals surface area (Å²) in [5, 5.41) is 0. The second kappa shape index (κ2) is 7.93. The first kappa shape index (κ1) is 20.7. The molecule has 3 nitrogen and oxygen atoms in total. The van der Waals surface area contributed by atoms with Crippen LogP contribution in [0.3, 0.4) is 0 Å². The van der Waals surface area contributed by atoms with Crippen LogP contribution >= 0.6 is 0 Å².